The van der Waals surface area contributed by atoms with Gasteiger partial charge in [-0.25, -0.2) is 9.59 Å². The zero-order valence-electron chi connectivity index (χ0n) is 31.8. The van der Waals surface area contributed by atoms with E-state index in [-0.39, 0.29) is 18.5 Å². The summed E-state index contributed by atoms with van der Waals surface area (Å²) in [5.41, 5.74) is 3.60. The molecule has 2 fully saturated rings. The lowest BCUT2D eigenvalue weighted by molar-refractivity contribution is -0.160. The predicted molar refractivity (Wildman–Crippen MR) is 200 cm³/mol. The first-order valence-electron chi connectivity index (χ1n) is 18.7. The molecule has 0 atom stereocenters. The molecule has 1 aromatic rings. The molecule has 288 valence electrons. The number of carbonyl (C=O) groups is 2. The average molecular weight is 782 g/mol. The number of esters is 2. The van der Waals surface area contributed by atoms with E-state index in [0.717, 1.165) is 101 Å². The van der Waals surface area contributed by atoms with Gasteiger partial charge in [0.25, 0.3) is 0 Å². The molecule has 12 heteroatoms. The van der Waals surface area contributed by atoms with E-state index < -0.39 is 11.2 Å². The highest BCUT2D eigenvalue weighted by molar-refractivity contribution is 9.06. The number of rotatable bonds is 20. The summed E-state index contributed by atoms with van der Waals surface area (Å²) in [6.45, 7) is 21.7. The molecule has 1 spiro atoms. The van der Waals surface area contributed by atoms with Crippen molar-refractivity contribution >= 4 is 33.8 Å². The minimum absolute atomic E-state index is 0.0475. The van der Waals surface area contributed by atoms with Crippen molar-refractivity contribution < 1.29 is 41.8 Å². The van der Waals surface area contributed by atoms with E-state index in [9.17, 15) is 9.59 Å². The molecular formula is C39H61BrN2O9. The fourth-order valence-corrected chi connectivity index (χ4v) is 7.88. The van der Waals surface area contributed by atoms with Crippen LogP contribution in [0.4, 0.5) is 0 Å². The molecule has 0 amide bonds. The van der Waals surface area contributed by atoms with E-state index in [0.29, 0.717) is 56.9 Å². The lowest BCUT2D eigenvalue weighted by Gasteiger charge is -2.36. The summed E-state index contributed by atoms with van der Waals surface area (Å²) in [5.74, 6) is 0.577. The second kappa shape index (κ2) is 20.4. The third-order valence-electron chi connectivity index (χ3n) is 9.90. The van der Waals surface area contributed by atoms with Crippen LogP contribution in [0.15, 0.2) is 17.9 Å². The molecule has 51 heavy (non-hydrogen) atoms. The molecule has 0 N–H and O–H groups in total. The molecule has 1 aliphatic carbocycles. The molecule has 1 saturated carbocycles. The quantitative estimate of drug-likeness (QED) is 0.116. The summed E-state index contributed by atoms with van der Waals surface area (Å²) in [5, 5.41) is 0. The molecule has 4 rings (SSSR count). The van der Waals surface area contributed by atoms with Crippen molar-refractivity contribution in [2.75, 3.05) is 92.1 Å². The number of halogens is 1. The average Bonchev–Trinajstić information content (AvgIpc) is 3.33. The fourth-order valence-electron chi connectivity index (χ4n) is 7.42. The maximum absolute atomic E-state index is 13.2. The Morgan fingerprint density at radius 1 is 0.843 bits per heavy atom. The van der Waals surface area contributed by atoms with Crippen molar-refractivity contribution in [3.05, 3.63) is 40.1 Å². The first-order valence-corrected chi connectivity index (χ1v) is 19.4. The number of piperazine rings is 1. The smallest absolute Gasteiger partial charge is 0.343 e. The largest absolute Gasteiger partial charge is 0.458 e. The summed E-state index contributed by atoms with van der Waals surface area (Å²) in [4.78, 5) is 29.7. The second-order valence-corrected chi connectivity index (χ2v) is 15.5. The van der Waals surface area contributed by atoms with Crippen LogP contribution in [0.25, 0.3) is 5.57 Å². The van der Waals surface area contributed by atoms with Gasteiger partial charge in [-0.15, -0.1) is 0 Å². The van der Waals surface area contributed by atoms with Crippen LogP contribution in [0.2, 0.25) is 0 Å². The van der Waals surface area contributed by atoms with Crippen LogP contribution in [-0.4, -0.2) is 125 Å². The number of nitrogens with zero attached hydrogens (tertiary/aromatic N) is 2. The van der Waals surface area contributed by atoms with E-state index in [1.54, 1.807) is 0 Å². The maximum Gasteiger partial charge on any atom is 0.343 e. The van der Waals surface area contributed by atoms with E-state index in [4.69, 9.17) is 32.2 Å². The van der Waals surface area contributed by atoms with E-state index in [1.807, 2.05) is 34.6 Å². The van der Waals surface area contributed by atoms with Gasteiger partial charge in [0.15, 0.2) is 27.6 Å². The van der Waals surface area contributed by atoms with Crippen LogP contribution in [0.5, 0.6) is 0 Å². The Balaban J connectivity index is 0.983. The Morgan fingerprint density at radius 2 is 1.37 bits per heavy atom. The lowest BCUT2D eigenvalue weighted by Crippen LogP contribution is -2.48. The van der Waals surface area contributed by atoms with E-state index in [1.165, 1.54) is 5.56 Å². The van der Waals surface area contributed by atoms with Crippen molar-refractivity contribution in [3.8, 4) is 0 Å². The number of hydrogen-bond donors (Lipinski definition) is 0. The van der Waals surface area contributed by atoms with Gasteiger partial charge in [-0.2, -0.15) is 0 Å². The number of benzene rings is 1. The monoisotopic (exact) mass is 780 g/mol. The molecular weight excluding hydrogens is 720 g/mol. The van der Waals surface area contributed by atoms with Crippen LogP contribution in [0, 0.1) is 26.7 Å². The van der Waals surface area contributed by atoms with Crippen LogP contribution in [0.1, 0.15) is 81.5 Å². The van der Waals surface area contributed by atoms with Gasteiger partial charge in [0.1, 0.15) is 17.8 Å². The SMILES string of the molecule is Cc1cc(C)c(C2=C(OBr)C3(CCC(CCCOCCOCCN4CCN(CCOCCOCC(=O)OC(C)(C)C)CC4)CC3)OC2=O)c(C)c1. The van der Waals surface area contributed by atoms with Gasteiger partial charge in [0.05, 0.1) is 39.6 Å². The third kappa shape index (κ3) is 13.1. The summed E-state index contributed by atoms with van der Waals surface area (Å²) in [7, 11) is 0. The number of aryl methyl sites for hydroxylation is 3. The Kier molecular flexibility index (Phi) is 16.7. The minimum Gasteiger partial charge on any atom is -0.458 e. The Morgan fingerprint density at radius 3 is 1.90 bits per heavy atom. The molecule has 0 unspecified atom stereocenters. The topological polar surface area (TPSA) is 105 Å². The van der Waals surface area contributed by atoms with Crippen molar-refractivity contribution in [2.24, 2.45) is 5.92 Å². The number of ether oxygens (including phenoxy) is 6. The lowest BCUT2D eigenvalue weighted by atomic mass is 9.75. The molecule has 2 aliphatic heterocycles. The van der Waals surface area contributed by atoms with Crippen molar-refractivity contribution in [1.82, 2.24) is 9.80 Å². The summed E-state index contributed by atoms with van der Waals surface area (Å²) in [6.07, 6.45) is 5.64. The summed E-state index contributed by atoms with van der Waals surface area (Å²) in [6, 6.07) is 4.21. The van der Waals surface area contributed by atoms with Gasteiger partial charge in [-0.05, 0) is 103 Å². The number of hydrogen-bond acceptors (Lipinski definition) is 11. The molecule has 0 radical (unpaired) electrons. The van der Waals surface area contributed by atoms with E-state index in [2.05, 4.69) is 45.1 Å². The van der Waals surface area contributed by atoms with Gasteiger partial charge in [0, 0.05) is 45.9 Å². The summed E-state index contributed by atoms with van der Waals surface area (Å²) >= 11 is 3.22. The van der Waals surface area contributed by atoms with Gasteiger partial charge in [0.2, 0.25) is 0 Å². The van der Waals surface area contributed by atoms with Gasteiger partial charge >= 0.3 is 11.9 Å². The molecule has 11 nitrogen and oxygen atoms in total. The first kappa shape index (κ1) is 41.7. The third-order valence-corrected chi connectivity index (χ3v) is 10.2. The fraction of sp³-hybridized carbons (Fsp3) is 0.744. The number of carbonyl (C=O) groups excluding carboxylic acids is 2. The van der Waals surface area contributed by atoms with Gasteiger partial charge in [-0.1, -0.05) is 17.7 Å². The van der Waals surface area contributed by atoms with Crippen LogP contribution in [-0.2, 0) is 41.8 Å². The Labute approximate surface area is 314 Å². The first-order chi connectivity index (χ1) is 24.4. The van der Waals surface area contributed by atoms with Gasteiger partial charge < -0.3 is 32.2 Å². The Bertz CT molecular complexity index is 1270. The molecule has 3 aliphatic rings. The standard InChI is InChI=1S/C39H61BrN2O9/c1-29-26-30(2)34(31(3)27-29)35-36(51-40)39(50-37(35)44)11-9-32(10-12-39)8-7-19-45-22-23-46-20-17-41-13-15-42(16-14-41)18-21-47-24-25-48-28-33(43)49-38(4,5)6/h26-27,32H,7-25,28H2,1-6H3. The highest BCUT2D eigenvalue weighted by atomic mass is 79.9. The zero-order chi connectivity index (χ0) is 36.9. The highest BCUT2D eigenvalue weighted by Gasteiger charge is 2.52. The molecule has 2 heterocycles. The highest BCUT2D eigenvalue weighted by Crippen LogP contribution is 2.50. The minimum atomic E-state index is -0.685. The molecule has 1 aromatic carbocycles. The van der Waals surface area contributed by atoms with Crippen LogP contribution >= 0.6 is 16.3 Å². The zero-order valence-corrected chi connectivity index (χ0v) is 33.4. The van der Waals surface area contributed by atoms with Crippen LogP contribution < -0.4 is 0 Å². The predicted octanol–water partition coefficient (Wildman–Crippen LogP) is 5.94. The van der Waals surface area contributed by atoms with Crippen molar-refractivity contribution in [1.29, 1.82) is 0 Å². The maximum atomic E-state index is 13.2. The Hall–Kier alpha value is -2.06. The van der Waals surface area contributed by atoms with Gasteiger partial charge in [-0.3, -0.25) is 9.80 Å². The van der Waals surface area contributed by atoms with Crippen LogP contribution in [0.3, 0.4) is 0 Å². The second-order valence-electron chi connectivity index (χ2n) is 15.2. The van der Waals surface area contributed by atoms with Crippen molar-refractivity contribution in [2.45, 2.75) is 91.3 Å². The molecule has 0 aromatic heterocycles. The van der Waals surface area contributed by atoms with E-state index >= 15 is 0 Å². The molecule has 0 bridgehead atoms. The van der Waals surface area contributed by atoms with Crippen molar-refractivity contribution in [3.63, 3.8) is 0 Å². The normalized spacial score (nSPS) is 21.8. The summed E-state index contributed by atoms with van der Waals surface area (Å²) < 4.78 is 39.8. The molecule has 1 saturated heterocycles.